The van der Waals surface area contributed by atoms with Gasteiger partial charge in [-0.3, -0.25) is 4.90 Å². The molecule has 0 bridgehead atoms. The maximum Gasteiger partial charge on any atom is 0.141 e. The van der Waals surface area contributed by atoms with Crippen LogP contribution >= 0.6 is 11.6 Å². The smallest absolute Gasteiger partial charge is 0.141 e. The van der Waals surface area contributed by atoms with Gasteiger partial charge in [0.05, 0.1) is 6.04 Å². The normalized spacial score (nSPS) is 12.9. The molecule has 70 valence electrons. The zero-order valence-electron chi connectivity index (χ0n) is 7.70. The highest BCUT2D eigenvalue weighted by atomic mass is 35.5. The van der Waals surface area contributed by atoms with E-state index in [9.17, 15) is 4.79 Å². The second-order valence-corrected chi connectivity index (χ2v) is 3.47. The molecule has 0 amide bonds. The number of carbonyl (C=O) groups excluding carboxylic acids is 1. The SMILES string of the molecule is CN(C)C(C=O)c1ccccc1Cl. The molecule has 0 N–H and O–H groups in total. The van der Waals surface area contributed by atoms with Crippen molar-refractivity contribution < 1.29 is 4.79 Å². The molecule has 0 saturated carbocycles. The largest absolute Gasteiger partial charge is 0.301 e. The molecule has 2 nitrogen and oxygen atoms in total. The summed E-state index contributed by atoms with van der Waals surface area (Å²) in [5.41, 5.74) is 0.851. The van der Waals surface area contributed by atoms with Crippen LogP contribution in [0, 0.1) is 0 Å². The number of halogens is 1. The average molecular weight is 198 g/mol. The van der Waals surface area contributed by atoms with Gasteiger partial charge in [0.25, 0.3) is 0 Å². The highest BCUT2D eigenvalue weighted by Gasteiger charge is 2.14. The van der Waals surface area contributed by atoms with Crippen molar-refractivity contribution in [3.05, 3.63) is 34.9 Å². The quantitative estimate of drug-likeness (QED) is 0.692. The maximum absolute atomic E-state index is 10.8. The number of likely N-dealkylation sites (N-methyl/N-ethyl adjacent to an activating group) is 1. The number of rotatable bonds is 3. The van der Waals surface area contributed by atoms with Crippen molar-refractivity contribution in [2.24, 2.45) is 0 Å². The maximum atomic E-state index is 10.8. The lowest BCUT2D eigenvalue weighted by Crippen LogP contribution is -2.21. The molecular formula is C10H12ClNO. The molecule has 1 rings (SSSR count). The fraction of sp³-hybridized carbons (Fsp3) is 0.300. The zero-order valence-corrected chi connectivity index (χ0v) is 8.45. The Morgan fingerprint density at radius 2 is 2.00 bits per heavy atom. The summed E-state index contributed by atoms with van der Waals surface area (Å²) in [6.45, 7) is 0. The van der Waals surface area contributed by atoms with Gasteiger partial charge in [0.1, 0.15) is 6.29 Å². The third-order valence-corrected chi connectivity index (χ3v) is 2.25. The number of hydrogen-bond acceptors (Lipinski definition) is 2. The Bertz CT molecular complexity index is 299. The Hall–Kier alpha value is -0.860. The van der Waals surface area contributed by atoms with E-state index in [1.54, 1.807) is 6.07 Å². The molecule has 0 aromatic heterocycles. The fourth-order valence-electron chi connectivity index (χ4n) is 1.19. The first-order valence-electron chi connectivity index (χ1n) is 4.03. The van der Waals surface area contributed by atoms with E-state index >= 15 is 0 Å². The molecule has 1 aromatic rings. The lowest BCUT2D eigenvalue weighted by molar-refractivity contribution is -0.111. The van der Waals surface area contributed by atoms with Crippen molar-refractivity contribution in [2.75, 3.05) is 14.1 Å². The van der Waals surface area contributed by atoms with Gasteiger partial charge in [-0.1, -0.05) is 29.8 Å². The highest BCUT2D eigenvalue weighted by molar-refractivity contribution is 6.31. The minimum absolute atomic E-state index is 0.256. The molecule has 13 heavy (non-hydrogen) atoms. The summed E-state index contributed by atoms with van der Waals surface area (Å²) in [6, 6.07) is 7.12. The minimum atomic E-state index is -0.256. The van der Waals surface area contributed by atoms with Crippen LogP contribution in [0.3, 0.4) is 0 Å². The third kappa shape index (κ3) is 2.29. The molecule has 0 heterocycles. The molecular weight excluding hydrogens is 186 g/mol. The van der Waals surface area contributed by atoms with Crippen LogP contribution in [0.1, 0.15) is 11.6 Å². The van der Waals surface area contributed by atoms with Gasteiger partial charge in [-0.15, -0.1) is 0 Å². The fourth-order valence-corrected chi connectivity index (χ4v) is 1.44. The first-order valence-corrected chi connectivity index (χ1v) is 4.40. The van der Waals surface area contributed by atoms with Gasteiger partial charge in [-0.2, -0.15) is 0 Å². The van der Waals surface area contributed by atoms with Crippen molar-refractivity contribution >= 4 is 17.9 Å². The number of benzene rings is 1. The van der Waals surface area contributed by atoms with E-state index in [2.05, 4.69) is 0 Å². The van der Waals surface area contributed by atoms with Crippen LogP contribution in [0.4, 0.5) is 0 Å². The molecule has 0 saturated heterocycles. The van der Waals surface area contributed by atoms with Crippen LogP contribution in [-0.2, 0) is 4.79 Å². The summed E-state index contributed by atoms with van der Waals surface area (Å²) < 4.78 is 0. The highest BCUT2D eigenvalue weighted by Crippen LogP contribution is 2.23. The van der Waals surface area contributed by atoms with Crippen LogP contribution in [0.2, 0.25) is 5.02 Å². The molecule has 0 fully saturated rings. The van der Waals surface area contributed by atoms with Crippen molar-refractivity contribution in [1.29, 1.82) is 0 Å². The van der Waals surface area contributed by atoms with E-state index in [1.807, 2.05) is 37.2 Å². The second kappa shape index (κ2) is 4.40. The van der Waals surface area contributed by atoms with E-state index in [-0.39, 0.29) is 6.04 Å². The Morgan fingerprint density at radius 3 is 2.46 bits per heavy atom. The van der Waals surface area contributed by atoms with E-state index in [0.717, 1.165) is 11.8 Å². The first-order chi connectivity index (χ1) is 6.16. The molecule has 0 radical (unpaired) electrons. The summed E-state index contributed by atoms with van der Waals surface area (Å²) >= 11 is 5.96. The molecule has 1 atom stereocenters. The van der Waals surface area contributed by atoms with Gasteiger partial charge in [0.2, 0.25) is 0 Å². The molecule has 1 aromatic carbocycles. The zero-order chi connectivity index (χ0) is 9.84. The summed E-state index contributed by atoms with van der Waals surface area (Å²) in [5, 5.41) is 0.633. The van der Waals surface area contributed by atoms with Gasteiger partial charge in [-0.25, -0.2) is 0 Å². The summed E-state index contributed by atoms with van der Waals surface area (Å²) in [7, 11) is 3.70. The molecule has 0 aliphatic heterocycles. The van der Waals surface area contributed by atoms with E-state index in [0.29, 0.717) is 5.02 Å². The van der Waals surface area contributed by atoms with Crippen LogP contribution in [0.15, 0.2) is 24.3 Å². The molecule has 3 heteroatoms. The number of nitrogens with zero attached hydrogens (tertiary/aromatic N) is 1. The van der Waals surface area contributed by atoms with E-state index in [4.69, 9.17) is 11.6 Å². The summed E-state index contributed by atoms with van der Waals surface area (Å²) in [5.74, 6) is 0. The van der Waals surface area contributed by atoms with Crippen LogP contribution in [0.5, 0.6) is 0 Å². The number of hydrogen-bond donors (Lipinski definition) is 0. The van der Waals surface area contributed by atoms with Gasteiger partial charge < -0.3 is 4.79 Å². The molecule has 0 aliphatic rings. The van der Waals surface area contributed by atoms with Gasteiger partial charge in [0, 0.05) is 5.02 Å². The summed E-state index contributed by atoms with van der Waals surface area (Å²) in [6.07, 6.45) is 0.890. The minimum Gasteiger partial charge on any atom is -0.301 e. The Morgan fingerprint density at radius 1 is 1.38 bits per heavy atom. The third-order valence-electron chi connectivity index (χ3n) is 1.91. The Balaban J connectivity index is 3.04. The van der Waals surface area contributed by atoms with E-state index < -0.39 is 0 Å². The average Bonchev–Trinajstić information content (AvgIpc) is 2.09. The Labute approximate surface area is 83.1 Å². The van der Waals surface area contributed by atoms with Crippen molar-refractivity contribution in [1.82, 2.24) is 4.90 Å². The van der Waals surface area contributed by atoms with Crippen molar-refractivity contribution in [2.45, 2.75) is 6.04 Å². The second-order valence-electron chi connectivity index (χ2n) is 3.07. The van der Waals surface area contributed by atoms with Crippen LogP contribution in [0.25, 0.3) is 0 Å². The number of aldehydes is 1. The van der Waals surface area contributed by atoms with Gasteiger partial charge in [-0.05, 0) is 25.7 Å². The number of carbonyl (C=O) groups is 1. The topological polar surface area (TPSA) is 20.3 Å². The standard InChI is InChI=1S/C10H12ClNO/c1-12(2)10(7-13)8-5-3-4-6-9(8)11/h3-7,10H,1-2H3. The summed E-state index contributed by atoms with van der Waals surface area (Å²) in [4.78, 5) is 12.6. The molecule has 0 aliphatic carbocycles. The first kappa shape index (κ1) is 10.2. The lowest BCUT2D eigenvalue weighted by Gasteiger charge is -2.19. The Kier molecular flexibility index (Phi) is 3.46. The predicted molar refractivity (Wildman–Crippen MR) is 53.9 cm³/mol. The molecule has 0 spiro atoms. The lowest BCUT2D eigenvalue weighted by atomic mass is 10.1. The van der Waals surface area contributed by atoms with Gasteiger partial charge in [0.15, 0.2) is 0 Å². The van der Waals surface area contributed by atoms with Crippen molar-refractivity contribution in [3.8, 4) is 0 Å². The van der Waals surface area contributed by atoms with Gasteiger partial charge >= 0.3 is 0 Å². The van der Waals surface area contributed by atoms with E-state index in [1.165, 1.54) is 0 Å². The van der Waals surface area contributed by atoms with Crippen LogP contribution in [-0.4, -0.2) is 25.3 Å². The molecule has 1 unspecified atom stereocenters. The van der Waals surface area contributed by atoms with Crippen LogP contribution < -0.4 is 0 Å². The monoisotopic (exact) mass is 197 g/mol. The van der Waals surface area contributed by atoms with Crippen molar-refractivity contribution in [3.63, 3.8) is 0 Å². The predicted octanol–water partition coefficient (Wildman–Crippen LogP) is 2.14.